The minimum Gasteiger partial charge on any atom is -0.350 e. The Morgan fingerprint density at radius 1 is 1.03 bits per heavy atom. The molecule has 0 aromatic heterocycles. The van der Waals surface area contributed by atoms with E-state index in [4.69, 9.17) is 0 Å². The first-order valence-electron chi connectivity index (χ1n) is 11.3. The van der Waals surface area contributed by atoms with E-state index in [9.17, 15) is 13.2 Å². The molecule has 1 atom stereocenters. The summed E-state index contributed by atoms with van der Waals surface area (Å²) in [5.41, 5.74) is 4.55. The standard InChI is InChI=1S/C25H35N3O3S/c1-19-8-9-20(2)24(16-19)28(32(4,30)31)21(3)25(29)26-17-22-10-12-23(13-11-22)18-27-14-6-5-7-15-27/h8-13,16,21H,5-7,14-15,17-18H2,1-4H3,(H,26,29)/t21-/m0/s1. The first kappa shape index (κ1) is 24.3. The van der Waals surface area contributed by atoms with Crippen LogP contribution in [-0.2, 0) is 27.9 Å². The van der Waals surface area contributed by atoms with E-state index < -0.39 is 16.1 Å². The molecule has 0 bridgehead atoms. The van der Waals surface area contributed by atoms with Crippen LogP contribution in [0.15, 0.2) is 42.5 Å². The van der Waals surface area contributed by atoms with Gasteiger partial charge in [0.2, 0.25) is 15.9 Å². The van der Waals surface area contributed by atoms with Crippen LogP contribution in [0.3, 0.4) is 0 Å². The Kier molecular flexibility index (Phi) is 7.96. The lowest BCUT2D eigenvalue weighted by molar-refractivity contribution is -0.122. The third-order valence-electron chi connectivity index (χ3n) is 6.04. The molecule has 2 aromatic rings. The van der Waals surface area contributed by atoms with Gasteiger partial charge in [0.1, 0.15) is 6.04 Å². The molecule has 1 saturated heterocycles. The monoisotopic (exact) mass is 457 g/mol. The fourth-order valence-corrected chi connectivity index (χ4v) is 5.44. The third-order valence-corrected chi connectivity index (χ3v) is 7.26. The summed E-state index contributed by atoms with van der Waals surface area (Å²) in [6.07, 6.45) is 5.01. The van der Waals surface area contributed by atoms with Gasteiger partial charge in [-0.2, -0.15) is 0 Å². The zero-order valence-electron chi connectivity index (χ0n) is 19.6. The average molecular weight is 458 g/mol. The van der Waals surface area contributed by atoms with E-state index in [-0.39, 0.29) is 5.91 Å². The quantitative estimate of drug-likeness (QED) is 0.655. The highest BCUT2D eigenvalue weighted by atomic mass is 32.2. The van der Waals surface area contributed by atoms with Crippen molar-refractivity contribution < 1.29 is 13.2 Å². The Morgan fingerprint density at radius 3 is 2.28 bits per heavy atom. The summed E-state index contributed by atoms with van der Waals surface area (Å²) in [5.74, 6) is -0.325. The fraction of sp³-hybridized carbons (Fsp3) is 0.480. The lowest BCUT2D eigenvalue weighted by Crippen LogP contribution is -2.48. The van der Waals surface area contributed by atoms with Gasteiger partial charge in [0.25, 0.3) is 0 Å². The molecule has 1 N–H and O–H groups in total. The zero-order chi connectivity index (χ0) is 23.3. The number of hydrogen-bond donors (Lipinski definition) is 1. The van der Waals surface area contributed by atoms with Crippen LogP contribution in [-0.4, -0.2) is 44.6 Å². The van der Waals surface area contributed by atoms with Gasteiger partial charge in [-0.3, -0.25) is 14.0 Å². The summed E-state index contributed by atoms with van der Waals surface area (Å²) >= 11 is 0. The molecule has 1 fully saturated rings. The summed E-state index contributed by atoms with van der Waals surface area (Å²) in [5, 5.41) is 2.90. The number of rotatable bonds is 8. The molecule has 32 heavy (non-hydrogen) atoms. The van der Waals surface area contributed by atoms with Crippen molar-refractivity contribution in [2.24, 2.45) is 0 Å². The molecule has 1 heterocycles. The smallest absolute Gasteiger partial charge is 0.243 e. The largest absolute Gasteiger partial charge is 0.350 e. The van der Waals surface area contributed by atoms with Crippen LogP contribution in [0, 0.1) is 13.8 Å². The number of nitrogens with zero attached hydrogens (tertiary/aromatic N) is 2. The number of aryl methyl sites for hydroxylation is 2. The molecule has 1 amide bonds. The second kappa shape index (κ2) is 10.5. The molecule has 2 aromatic carbocycles. The van der Waals surface area contributed by atoms with E-state index in [0.29, 0.717) is 12.2 Å². The zero-order valence-corrected chi connectivity index (χ0v) is 20.4. The number of sulfonamides is 1. The van der Waals surface area contributed by atoms with E-state index in [0.717, 1.165) is 42.6 Å². The molecule has 7 heteroatoms. The molecule has 0 aliphatic carbocycles. The Labute approximate surface area is 192 Å². The molecule has 174 valence electrons. The number of benzene rings is 2. The molecule has 1 aliphatic heterocycles. The van der Waals surface area contributed by atoms with Crippen LogP contribution < -0.4 is 9.62 Å². The molecule has 0 spiro atoms. The lowest BCUT2D eigenvalue weighted by atomic mass is 10.1. The second-order valence-corrected chi connectivity index (χ2v) is 10.8. The molecule has 0 unspecified atom stereocenters. The molecular formula is C25H35N3O3S. The van der Waals surface area contributed by atoms with Gasteiger partial charge in [-0.25, -0.2) is 8.42 Å². The van der Waals surface area contributed by atoms with Crippen LogP contribution in [0.4, 0.5) is 5.69 Å². The van der Waals surface area contributed by atoms with Crippen molar-refractivity contribution in [3.05, 3.63) is 64.7 Å². The average Bonchev–Trinajstić information content (AvgIpc) is 2.75. The summed E-state index contributed by atoms with van der Waals surface area (Å²) in [6, 6.07) is 13.0. The van der Waals surface area contributed by atoms with Crippen molar-refractivity contribution in [1.82, 2.24) is 10.2 Å². The highest BCUT2D eigenvalue weighted by Crippen LogP contribution is 2.26. The Balaban J connectivity index is 1.64. The summed E-state index contributed by atoms with van der Waals surface area (Å²) in [6.45, 7) is 9.02. The Morgan fingerprint density at radius 2 is 1.66 bits per heavy atom. The predicted octanol–water partition coefficient (Wildman–Crippen LogP) is 3.76. The minimum atomic E-state index is -3.64. The van der Waals surface area contributed by atoms with Gasteiger partial charge >= 0.3 is 0 Å². The van der Waals surface area contributed by atoms with Crippen molar-refractivity contribution in [2.45, 2.75) is 59.2 Å². The summed E-state index contributed by atoms with van der Waals surface area (Å²) < 4.78 is 26.3. The van der Waals surface area contributed by atoms with E-state index in [1.54, 1.807) is 13.0 Å². The van der Waals surface area contributed by atoms with Crippen LogP contribution >= 0.6 is 0 Å². The van der Waals surface area contributed by atoms with Gasteiger partial charge in [0, 0.05) is 13.1 Å². The summed E-state index contributed by atoms with van der Waals surface area (Å²) in [7, 11) is -3.64. The maximum atomic E-state index is 12.9. The van der Waals surface area contributed by atoms with Crippen molar-refractivity contribution in [2.75, 3.05) is 23.7 Å². The number of anilines is 1. The lowest BCUT2D eigenvalue weighted by Gasteiger charge is -2.29. The Bertz CT molecular complexity index is 1030. The normalized spacial score (nSPS) is 15.9. The number of carbonyl (C=O) groups excluding carboxylic acids is 1. The third kappa shape index (κ3) is 6.33. The molecule has 6 nitrogen and oxygen atoms in total. The highest BCUT2D eigenvalue weighted by Gasteiger charge is 2.30. The van der Waals surface area contributed by atoms with Crippen LogP contribution in [0.5, 0.6) is 0 Å². The maximum Gasteiger partial charge on any atom is 0.243 e. The number of carbonyl (C=O) groups is 1. The number of amides is 1. The van der Waals surface area contributed by atoms with Crippen molar-refractivity contribution >= 4 is 21.6 Å². The highest BCUT2D eigenvalue weighted by molar-refractivity contribution is 7.92. The van der Waals surface area contributed by atoms with Crippen LogP contribution in [0.2, 0.25) is 0 Å². The van der Waals surface area contributed by atoms with E-state index in [1.165, 1.54) is 29.1 Å². The first-order valence-corrected chi connectivity index (χ1v) is 13.1. The SMILES string of the molecule is Cc1ccc(C)c(N([C@@H](C)C(=O)NCc2ccc(CN3CCCCC3)cc2)S(C)(=O)=O)c1. The van der Waals surface area contributed by atoms with E-state index in [2.05, 4.69) is 22.3 Å². The summed E-state index contributed by atoms with van der Waals surface area (Å²) in [4.78, 5) is 15.4. The molecule has 0 saturated carbocycles. The number of piperidine rings is 1. The van der Waals surface area contributed by atoms with Crippen LogP contribution in [0.25, 0.3) is 0 Å². The number of hydrogen-bond acceptors (Lipinski definition) is 4. The van der Waals surface area contributed by atoms with Gasteiger partial charge in [0.15, 0.2) is 0 Å². The van der Waals surface area contributed by atoms with Crippen molar-refractivity contribution in [3.8, 4) is 0 Å². The van der Waals surface area contributed by atoms with Gasteiger partial charge in [-0.05, 0) is 75.0 Å². The number of likely N-dealkylation sites (tertiary alicyclic amines) is 1. The topological polar surface area (TPSA) is 69.7 Å². The van der Waals surface area contributed by atoms with E-state index >= 15 is 0 Å². The minimum absolute atomic E-state index is 0.325. The molecule has 3 rings (SSSR count). The molecular weight excluding hydrogens is 422 g/mol. The first-order chi connectivity index (χ1) is 15.1. The van der Waals surface area contributed by atoms with Crippen molar-refractivity contribution in [1.29, 1.82) is 0 Å². The molecule has 1 aliphatic rings. The van der Waals surface area contributed by atoms with Crippen LogP contribution in [0.1, 0.15) is 48.4 Å². The fourth-order valence-electron chi connectivity index (χ4n) is 4.21. The van der Waals surface area contributed by atoms with Gasteiger partial charge in [-0.1, -0.05) is 42.8 Å². The molecule has 0 radical (unpaired) electrons. The van der Waals surface area contributed by atoms with Gasteiger partial charge in [0.05, 0.1) is 11.9 Å². The van der Waals surface area contributed by atoms with Crippen molar-refractivity contribution in [3.63, 3.8) is 0 Å². The van der Waals surface area contributed by atoms with Gasteiger partial charge < -0.3 is 5.32 Å². The van der Waals surface area contributed by atoms with Gasteiger partial charge in [-0.15, -0.1) is 0 Å². The maximum absolute atomic E-state index is 12.9. The Hall–Kier alpha value is -2.38. The second-order valence-electron chi connectivity index (χ2n) is 8.90. The number of nitrogens with one attached hydrogen (secondary N) is 1. The van der Waals surface area contributed by atoms with E-state index in [1.807, 2.05) is 38.1 Å². The predicted molar refractivity (Wildman–Crippen MR) is 130 cm³/mol.